The smallest absolute Gasteiger partial charge is 0.189 e. The summed E-state index contributed by atoms with van der Waals surface area (Å²) in [5.41, 5.74) is 5.41. The molecule has 59 heavy (non-hydrogen) atoms. The number of nitrogens with zero attached hydrogens (tertiary/aromatic N) is 1. The molecule has 1 saturated heterocycles. The number of hydrogen-bond acceptors (Lipinski definition) is 5. The highest BCUT2D eigenvalue weighted by Gasteiger charge is 2.77. The van der Waals surface area contributed by atoms with Gasteiger partial charge in [0.05, 0.1) is 9.79 Å². The van der Waals surface area contributed by atoms with Gasteiger partial charge in [-0.15, -0.1) is 0 Å². The lowest BCUT2D eigenvalue weighted by Gasteiger charge is -2.27. The van der Waals surface area contributed by atoms with Crippen molar-refractivity contribution in [2.24, 2.45) is 17.8 Å². The van der Waals surface area contributed by atoms with Crippen LogP contribution in [0.25, 0.3) is 11.1 Å². The van der Waals surface area contributed by atoms with Crippen LogP contribution in [-0.4, -0.2) is 41.4 Å². The van der Waals surface area contributed by atoms with Crippen LogP contribution in [-0.2, 0) is 29.2 Å². The van der Waals surface area contributed by atoms with Gasteiger partial charge in [-0.25, -0.2) is 16.8 Å². The molecule has 7 heteroatoms. The maximum absolute atomic E-state index is 15.7. The third-order valence-corrected chi connectivity index (χ3v) is 19.2. The highest BCUT2D eigenvalue weighted by atomic mass is 32.2. The molecule has 5 nitrogen and oxygen atoms in total. The Morgan fingerprint density at radius 3 is 1.63 bits per heavy atom. The van der Waals surface area contributed by atoms with E-state index in [0.717, 1.165) is 72.3 Å². The third-order valence-electron chi connectivity index (χ3n) is 14.1. The molecule has 0 bridgehead atoms. The van der Waals surface area contributed by atoms with Crippen molar-refractivity contribution in [2.45, 2.75) is 69.6 Å². The van der Waals surface area contributed by atoms with E-state index in [2.05, 4.69) is 29.2 Å². The van der Waals surface area contributed by atoms with Crippen LogP contribution in [0.3, 0.4) is 0 Å². The van der Waals surface area contributed by atoms with Crippen LogP contribution in [0, 0.1) is 17.8 Å². The van der Waals surface area contributed by atoms with Gasteiger partial charge >= 0.3 is 0 Å². The van der Waals surface area contributed by atoms with Gasteiger partial charge in [-0.05, 0) is 127 Å². The first-order chi connectivity index (χ1) is 28.8. The molecule has 6 atom stereocenters. The zero-order chi connectivity index (χ0) is 40.2. The molecule has 0 radical (unpaired) electrons. The second-order valence-electron chi connectivity index (χ2n) is 17.3. The van der Waals surface area contributed by atoms with Crippen LogP contribution in [0.4, 0.5) is 0 Å². The second kappa shape index (κ2) is 15.0. The fraction of sp³-hybridized carbons (Fsp3) is 0.308. The fourth-order valence-electron chi connectivity index (χ4n) is 11.3. The Labute approximate surface area is 350 Å². The van der Waals surface area contributed by atoms with E-state index in [0.29, 0.717) is 15.7 Å². The number of benzene rings is 6. The van der Waals surface area contributed by atoms with Crippen LogP contribution in [0.1, 0.15) is 72.6 Å². The third kappa shape index (κ3) is 6.26. The van der Waals surface area contributed by atoms with Crippen molar-refractivity contribution >= 4 is 19.7 Å². The second-order valence-corrected chi connectivity index (χ2v) is 21.6. The van der Waals surface area contributed by atoms with E-state index >= 15 is 8.42 Å². The van der Waals surface area contributed by atoms with Crippen molar-refractivity contribution < 1.29 is 16.8 Å². The quantitative estimate of drug-likeness (QED) is 0.116. The Hall–Kier alpha value is -4.82. The van der Waals surface area contributed by atoms with Gasteiger partial charge in [0, 0.05) is 11.8 Å². The zero-order valence-corrected chi connectivity index (χ0v) is 34.9. The molecule has 0 spiro atoms. The normalized spacial score (nSPS) is 26.9. The summed E-state index contributed by atoms with van der Waals surface area (Å²) in [6.45, 7) is 3.03. The van der Waals surface area contributed by atoms with Crippen molar-refractivity contribution in [1.29, 1.82) is 0 Å². The Bertz CT molecular complexity index is 2660. The SMILES string of the molecule is O=S(=O)(c1cccc(-c2cccc([C@H]3C(C4CC4)C3(c3ccccc3)S(=O)(=O)c3ccccc3)c2)c1)C1(c2ccccc2)C(CCN2CCCCC2)[C@@H]1c1ccccc1. The molecule has 6 aromatic rings. The maximum atomic E-state index is 15.7. The molecule has 0 aromatic heterocycles. The maximum Gasteiger partial charge on any atom is 0.189 e. The van der Waals surface area contributed by atoms with Crippen molar-refractivity contribution in [3.8, 4) is 11.1 Å². The average molecular weight is 818 g/mol. The van der Waals surface area contributed by atoms with E-state index in [1.807, 2.05) is 115 Å². The molecule has 4 unspecified atom stereocenters. The molecule has 300 valence electrons. The average Bonchev–Trinajstić information content (AvgIpc) is 4.21. The summed E-state index contributed by atoms with van der Waals surface area (Å²) in [5, 5.41) is 0. The van der Waals surface area contributed by atoms with Gasteiger partial charge in [-0.2, -0.15) is 0 Å². The molecule has 0 amide bonds. The monoisotopic (exact) mass is 817 g/mol. The van der Waals surface area contributed by atoms with E-state index in [1.165, 1.54) is 19.3 Å². The molecule has 1 aliphatic heterocycles. The first-order valence-electron chi connectivity index (χ1n) is 21.4. The van der Waals surface area contributed by atoms with Crippen LogP contribution in [0.2, 0.25) is 0 Å². The van der Waals surface area contributed by atoms with Gasteiger partial charge in [-0.3, -0.25) is 0 Å². The number of likely N-dealkylation sites (tertiary alicyclic amines) is 1. The van der Waals surface area contributed by atoms with E-state index < -0.39 is 29.2 Å². The Morgan fingerprint density at radius 2 is 1.00 bits per heavy atom. The highest BCUT2D eigenvalue weighted by Crippen LogP contribution is 2.76. The van der Waals surface area contributed by atoms with Gasteiger partial charge in [0.2, 0.25) is 0 Å². The minimum atomic E-state index is -3.94. The topological polar surface area (TPSA) is 71.5 Å². The summed E-state index contributed by atoms with van der Waals surface area (Å²) in [7, 11) is -7.74. The predicted molar refractivity (Wildman–Crippen MR) is 235 cm³/mol. The number of rotatable bonds is 13. The minimum Gasteiger partial charge on any atom is -0.303 e. The summed E-state index contributed by atoms with van der Waals surface area (Å²) in [6, 6.07) is 54.6. The van der Waals surface area contributed by atoms with Crippen molar-refractivity contribution in [3.63, 3.8) is 0 Å². The Balaban J connectivity index is 1.05. The summed E-state index contributed by atoms with van der Waals surface area (Å²) in [5.74, 6) is -0.245. The largest absolute Gasteiger partial charge is 0.303 e. The first kappa shape index (κ1) is 38.4. The van der Waals surface area contributed by atoms with Gasteiger partial charge in [-0.1, -0.05) is 152 Å². The van der Waals surface area contributed by atoms with Gasteiger partial charge in [0.25, 0.3) is 0 Å². The minimum absolute atomic E-state index is 0.0607. The number of piperidine rings is 1. The summed E-state index contributed by atoms with van der Waals surface area (Å²) >= 11 is 0. The fourth-order valence-corrected chi connectivity index (χ4v) is 16.5. The zero-order valence-electron chi connectivity index (χ0n) is 33.3. The lowest BCUT2D eigenvalue weighted by atomic mass is 9.98. The van der Waals surface area contributed by atoms with E-state index in [9.17, 15) is 8.42 Å². The van der Waals surface area contributed by atoms with Crippen LogP contribution < -0.4 is 0 Å². The summed E-state index contributed by atoms with van der Waals surface area (Å²) in [6.07, 6.45) is 6.49. The molecule has 4 fully saturated rings. The van der Waals surface area contributed by atoms with Gasteiger partial charge in [0.1, 0.15) is 9.49 Å². The molecule has 3 saturated carbocycles. The standard InChI is InChI=1S/C52H51NO4S2/c54-58(55,45-27-12-4-13-28-45)52(44-25-10-3-11-26-44)49(39-30-31-39)50(52)42-22-16-20-40(36-42)41-21-17-29-46(37-41)59(56,57)51(43-23-8-2-9-24-43)47(32-35-53-33-14-5-15-34-53)48(51)38-18-6-1-7-19-38/h1-4,6-13,16-29,36-37,39,47-50H,5,14-15,30-35H2/t47?,48-,49?,50-,51?,52?/m0/s1. The number of sulfone groups is 2. The van der Waals surface area contributed by atoms with E-state index in [1.54, 1.807) is 30.3 Å². The van der Waals surface area contributed by atoms with Gasteiger partial charge in [0.15, 0.2) is 19.7 Å². The van der Waals surface area contributed by atoms with E-state index in [4.69, 9.17) is 0 Å². The van der Waals surface area contributed by atoms with Crippen LogP contribution in [0.5, 0.6) is 0 Å². The molecule has 1 heterocycles. The summed E-state index contributed by atoms with van der Waals surface area (Å²) < 4.78 is 59.1. The Kier molecular flexibility index (Phi) is 9.77. The van der Waals surface area contributed by atoms with Crippen molar-refractivity contribution in [3.05, 3.63) is 192 Å². The van der Waals surface area contributed by atoms with E-state index in [-0.39, 0.29) is 23.7 Å². The lowest BCUT2D eigenvalue weighted by molar-refractivity contribution is 0.221. The van der Waals surface area contributed by atoms with Crippen molar-refractivity contribution in [1.82, 2.24) is 4.90 Å². The molecular weight excluding hydrogens is 767 g/mol. The molecule has 10 rings (SSSR count). The van der Waals surface area contributed by atoms with Gasteiger partial charge < -0.3 is 4.90 Å². The predicted octanol–water partition coefficient (Wildman–Crippen LogP) is 10.8. The molecule has 0 N–H and O–H groups in total. The number of hydrogen-bond donors (Lipinski definition) is 0. The first-order valence-corrected chi connectivity index (χ1v) is 24.4. The Morgan fingerprint density at radius 1 is 0.492 bits per heavy atom. The molecule has 6 aromatic carbocycles. The summed E-state index contributed by atoms with van der Waals surface area (Å²) in [4.78, 5) is 3.19. The highest BCUT2D eigenvalue weighted by molar-refractivity contribution is 7.93. The van der Waals surface area contributed by atoms with Crippen LogP contribution >= 0.6 is 0 Å². The van der Waals surface area contributed by atoms with Crippen molar-refractivity contribution in [2.75, 3.05) is 19.6 Å². The molecule has 4 aliphatic rings. The molecular formula is C52H51NO4S2. The lowest BCUT2D eigenvalue weighted by Crippen LogP contribution is -2.32. The molecule has 3 aliphatic carbocycles. The van der Waals surface area contributed by atoms with Crippen LogP contribution in [0.15, 0.2) is 180 Å².